The Morgan fingerprint density at radius 2 is 2.09 bits per heavy atom. The first-order valence-electron chi connectivity index (χ1n) is 4.36. The van der Waals surface area contributed by atoms with Crippen molar-refractivity contribution in [3.05, 3.63) is 0 Å². The molecule has 0 saturated heterocycles. The highest BCUT2D eigenvalue weighted by Crippen LogP contribution is 2.49. The normalized spacial score (nSPS) is 20.7. The fraction of sp³-hybridized carbons (Fsp3) is 1.00. The molecule has 1 saturated carbocycles. The van der Waals surface area contributed by atoms with E-state index in [-0.39, 0.29) is 0 Å². The third-order valence-corrected chi connectivity index (χ3v) is 2.89. The van der Waals surface area contributed by atoms with Gasteiger partial charge >= 0.3 is 0 Å². The first-order chi connectivity index (χ1) is 5.18. The van der Waals surface area contributed by atoms with Gasteiger partial charge in [-0.2, -0.15) is 0 Å². The number of alkyl halides is 1. The van der Waals surface area contributed by atoms with Crippen molar-refractivity contribution in [2.24, 2.45) is 5.41 Å². The summed E-state index contributed by atoms with van der Waals surface area (Å²) in [5.74, 6) is 0.814. The van der Waals surface area contributed by atoms with Crippen molar-refractivity contribution in [1.82, 2.24) is 0 Å². The van der Waals surface area contributed by atoms with Crippen LogP contribution in [0.5, 0.6) is 0 Å². The van der Waals surface area contributed by atoms with Gasteiger partial charge in [0.05, 0.1) is 6.10 Å². The topological polar surface area (TPSA) is 9.23 Å². The molecule has 0 N–H and O–H groups in total. The molecule has 0 atom stereocenters. The molecule has 0 amide bonds. The second-order valence-electron chi connectivity index (χ2n) is 3.80. The maximum atomic E-state index is 5.82. The second kappa shape index (κ2) is 3.77. The van der Waals surface area contributed by atoms with Gasteiger partial charge in [-0.1, -0.05) is 0 Å². The van der Waals surface area contributed by atoms with Crippen LogP contribution in [0.3, 0.4) is 0 Å². The average Bonchev–Trinajstić information content (AvgIpc) is 2.69. The Bertz CT molecular complexity index is 119. The van der Waals surface area contributed by atoms with Crippen LogP contribution in [0.2, 0.25) is 0 Å². The van der Waals surface area contributed by atoms with Crippen molar-refractivity contribution >= 4 is 11.6 Å². The van der Waals surface area contributed by atoms with Crippen molar-refractivity contribution in [3.63, 3.8) is 0 Å². The van der Waals surface area contributed by atoms with E-state index in [2.05, 4.69) is 13.8 Å². The molecule has 0 bridgehead atoms. The zero-order valence-electron chi connectivity index (χ0n) is 7.40. The summed E-state index contributed by atoms with van der Waals surface area (Å²) in [5.41, 5.74) is 0.469. The maximum absolute atomic E-state index is 5.82. The van der Waals surface area contributed by atoms with Crippen LogP contribution in [0, 0.1) is 5.41 Å². The Kier molecular flexibility index (Phi) is 3.20. The molecule has 1 rings (SSSR count). The lowest BCUT2D eigenvalue weighted by atomic mass is 10.1. The molecule has 1 nitrogen and oxygen atoms in total. The van der Waals surface area contributed by atoms with Crippen molar-refractivity contribution in [3.8, 4) is 0 Å². The molecule has 0 spiro atoms. The SMILES string of the molecule is CC(C)OCCC1(CCl)CC1. The van der Waals surface area contributed by atoms with E-state index >= 15 is 0 Å². The number of rotatable bonds is 5. The molecule has 0 aliphatic heterocycles. The predicted molar refractivity (Wildman–Crippen MR) is 48.1 cm³/mol. The number of hydrogen-bond donors (Lipinski definition) is 0. The first-order valence-corrected chi connectivity index (χ1v) is 4.90. The molecule has 0 aromatic heterocycles. The van der Waals surface area contributed by atoms with Crippen LogP contribution >= 0.6 is 11.6 Å². The lowest BCUT2D eigenvalue weighted by Gasteiger charge is -2.12. The summed E-state index contributed by atoms with van der Waals surface area (Å²) in [6, 6.07) is 0. The predicted octanol–water partition coefficient (Wildman–Crippen LogP) is 2.82. The molecular formula is C9H17ClO. The van der Waals surface area contributed by atoms with Gasteiger partial charge in [0, 0.05) is 12.5 Å². The van der Waals surface area contributed by atoms with E-state index in [9.17, 15) is 0 Å². The summed E-state index contributed by atoms with van der Waals surface area (Å²) >= 11 is 5.82. The van der Waals surface area contributed by atoms with E-state index in [1.165, 1.54) is 12.8 Å². The molecule has 1 aliphatic rings. The summed E-state index contributed by atoms with van der Waals surface area (Å²) in [5, 5.41) is 0. The standard InChI is InChI=1S/C9H17ClO/c1-8(2)11-6-5-9(7-10)3-4-9/h8H,3-7H2,1-2H3. The zero-order valence-corrected chi connectivity index (χ0v) is 8.16. The van der Waals surface area contributed by atoms with E-state index in [1.54, 1.807) is 0 Å². The first kappa shape index (κ1) is 9.34. The average molecular weight is 177 g/mol. The molecule has 0 heterocycles. The van der Waals surface area contributed by atoms with Crippen molar-refractivity contribution in [2.45, 2.75) is 39.2 Å². The fourth-order valence-corrected chi connectivity index (χ4v) is 1.54. The van der Waals surface area contributed by atoms with Gasteiger partial charge in [0.25, 0.3) is 0 Å². The van der Waals surface area contributed by atoms with Crippen molar-refractivity contribution < 1.29 is 4.74 Å². The lowest BCUT2D eigenvalue weighted by molar-refractivity contribution is 0.0679. The molecule has 66 valence electrons. The summed E-state index contributed by atoms with van der Waals surface area (Å²) < 4.78 is 5.46. The third-order valence-electron chi connectivity index (χ3n) is 2.32. The molecule has 0 unspecified atom stereocenters. The quantitative estimate of drug-likeness (QED) is 0.586. The van der Waals surface area contributed by atoms with E-state index in [4.69, 9.17) is 16.3 Å². The van der Waals surface area contributed by atoms with Crippen molar-refractivity contribution in [2.75, 3.05) is 12.5 Å². The van der Waals surface area contributed by atoms with Crippen molar-refractivity contribution in [1.29, 1.82) is 0 Å². The van der Waals surface area contributed by atoms with Gasteiger partial charge in [-0.15, -0.1) is 11.6 Å². The van der Waals surface area contributed by atoms with Crippen LogP contribution in [0.15, 0.2) is 0 Å². The highest BCUT2D eigenvalue weighted by molar-refractivity contribution is 6.18. The number of ether oxygens (including phenoxy) is 1. The largest absolute Gasteiger partial charge is 0.379 e. The Hall–Kier alpha value is 0.250. The van der Waals surface area contributed by atoms with Gasteiger partial charge < -0.3 is 4.74 Å². The number of halogens is 1. The van der Waals surface area contributed by atoms with Crippen LogP contribution in [0.1, 0.15) is 33.1 Å². The Morgan fingerprint density at radius 3 is 2.45 bits per heavy atom. The number of hydrogen-bond acceptors (Lipinski definition) is 1. The van der Waals surface area contributed by atoms with Gasteiger partial charge in [-0.3, -0.25) is 0 Å². The van der Waals surface area contributed by atoms with Crippen LogP contribution < -0.4 is 0 Å². The van der Waals surface area contributed by atoms with Crippen LogP contribution in [-0.2, 0) is 4.74 Å². The van der Waals surface area contributed by atoms with Gasteiger partial charge in [0.15, 0.2) is 0 Å². The monoisotopic (exact) mass is 176 g/mol. The summed E-state index contributed by atoms with van der Waals surface area (Å²) in [4.78, 5) is 0. The molecule has 0 radical (unpaired) electrons. The van der Waals surface area contributed by atoms with Crippen LogP contribution in [0.4, 0.5) is 0 Å². The molecule has 2 heteroatoms. The maximum Gasteiger partial charge on any atom is 0.0518 e. The van der Waals surface area contributed by atoms with Gasteiger partial charge in [0.1, 0.15) is 0 Å². The van der Waals surface area contributed by atoms with Crippen LogP contribution in [-0.4, -0.2) is 18.6 Å². The molecule has 0 aromatic rings. The molecule has 0 aromatic carbocycles. The minimum Gasteiger partial charge on any atom is -0.379 e. The van der Waals surface area contributed by atoms with E-state index < -0.39 is 0 Å². The smallest absolute Gasteiger partial charge is 0.0518 e. The minimum absolute atomic E-state index is 0.362. The van der Waals surface area contributed by atoms with E-state index in [1.807, 2.05) is 0 Å². The van der Waals surface area contributed by atoms with Gasteiger partial charge in [-0.05, 0) is 38.5 Å². The van der Waals surface area contributed by atoms with Gasteiger partial charge in [0.2, 0.25) is 0 Å². The molecular weight excluding hydrogens is 160 g/mol. The van der Waals surface area contributed by atoms with E-state index in [0.717, 1.165) is 18.9 Å². The highest BCUT2D eigenvalue weighted by atomic mass is 35.5. The summed E-state index contributed by atoms with van der Waals surface area (Å²) in [6.45, 7) is 5.02. The molecule has 11 heavy (non-hydrogen) atoms. The molecule has 1 aliphatic carbocycles. The Balaban J connectivity index is 2.03. The summed E-state index contributed by atoms with van der Waals surface area (Å²) in [6.07, 6.45) is 4.12. The van der Waals surface area contributed by atoms with Crippen LogP contribution in [0.25, 0.3) is 0 Å². The van der Waals surface area contributed by atoms with E-state index in [0.29, 0.717) is 11.5 Å². The van der Waals surface area contributed by atoms with Gasteiger partial charge in [-0.25, -0.2) is 0 Å². The second-order valence-corrected chi connectivity index (χ2v) is 4.07. The zero-order chi connectivity index (χ0) is 8.32. The summed E-state index contributed by atoms with van der Waals surface area (Å²) in [7, 11) is 0. The molecule has 1 fully saturated rings. The third kappa shape index (κ3) is 3.00. The Labute approximate surface area is 74.1 Å². The highest BCUT2D eigenvalue weighted by Gasteiger charge is 2.40. The fourth-order valence-electron chi connectivity index (χ4n) is 1.14. The lowest BCUT2D eigenvalue weighted by Crippen LogP contribution is -2.10. The minimum atomic E-state index is 0.362. The Morgan fingerprint density at radius 1 is 1.45 bits per heavy atom.